The Bertz CT molecular complexity index is 405. The zero-order valence-electron chi connectivity index (χ0n) is 10.8. The van der Waals surface area contributed by atoms with E-state index in [0.29, 0.717) is 17.9 Å². The first kappa shape index (κ1) is 14.2. The maximum Gasteiger partial charge on any atom is 0.153 e. The summed E-state index contributed by atoms with van der Waals surface area (Å²) in [5.74, 6) is 0.659. The van der Waals surface area contributed by atoms with E-state index >= 15 is 0 Å². The van der Waals surface area contributed by atoms with Crippen molar-refractivity contribution in [3.8, 4) is 5.75 Å². The minimum Gasteiger partial charge on any atom is -0.493 e. The molecule has 2 nitrogen and oxygen atoms in total. The van der Waals surface area contributed by atoms with Crippen molar-refractivity contribution in [2.45, 2.75) is 26.2 Å². The van der Waals surface area contributed by atoms with E-state index in [1.165, 1.54) is 0 Å². The molecule has 2 heteroatoms. The predicted molar refractivity (Wildman–Crippen MR) is 75.1 cm³/mol. The quantitative estimate of drug-likeness (QED) is 0.389. The van der Waals surface area contributed by atoms with E-state index in [-0.39, 0.29) is 0 Å². The van der Waals surface area contributed by atoms with Gasteiger partial charge in [-0.3, -0.25) is 4.79 Å². The Labute approximate surface area is 109 Å². The van der Waals surface area contributed by atoms with Gasteiger partial charge in [0.1, 0.15) is 5.75 Å². The average molecular weight is 244 g/mol. The number of para-hydroxylation sites is 1. The second-order valence-electron chi connectivity index (χ2n) is 3.88. The van der Waals surface area contributed by atoms with Crippen molar-refractivity contribution in [2.24, 2.45) is 0 Å². The summed E-state index contributed by atoms with van der Waals surface area (Å²) in [6.45, 7) is 2.72. The Morgan fingerprint density at radius 3 is 2.67 bits per heavy atom. The third-order valence-electron chi connectivity index (χ3n) is 2.43. The molecule has 0 saturated carbocycles. The summed E-state index contributed by atoms with van der Waals surface area (Å²) in [7, 11) is 0. The van der Waals surface area contributed by atoms with Crippen molar-refractivity contribution in [1.29, 1.82) is 0 Å². The number of hydrogen-bond donors (Lipinski definition) is 0. The first-order valence-corrected chi connectivity index (χ1v) is 6.35. The molecule has 0 atom stereocenters. The molecule has 0 spiro atoms. The standard InChI is InChI=1S/C16H20O2/c1-2-3-4-5-6-7-10-13-18-16-12-9-8-11-15(16)14-17/h3-4,6-9,11-12,14H,2,5,10,13H2,1H3. The van der Waals surface area contributed by atoms with Crippen LogP contribution in [0.4, 0.5) is 0 Å². The molecular formula is C16H20O2. The number of carbonyl (C=O) groups is 1. The molecule has 0 heterocycles. The molecule has 0 aromatic heterocycles. The minimum atomic E-state index is 0.596. The second kappa shape index (κ2) is 9.23. The molecule has 18 heavy (non-hydrogen) atoms. The Morgan fingerprint density at radius 1 is 1.11 bits per heavy atom. The number of aldehydes is 1. The second-order valence-corrected chi connectivity index (χ2v) is 3.88. The molecule has 1 rings (SSSR count). The van der Waals surface area contributed by atoms with Crippen molar-refractivity contribution in [3.05, 3.63) is 54.1 Å². The summed E-state index contributed by atoms with van der Waals surface area (Å²) in [6.07, 6.45) is 12.3. The maximum atomic E-state index is 10.8. The molecule has 0 aliphatic rings. The largest absolute Gasteiger partial charge is 0.493 e. The van der Waals surface area contributed by atoms with Gasteiger partial charge in [0.2, 0.25) is 0 Å². The van der Waals surface area contributed by atoms with E-state index in [9.17, 15) is 4.79 Å². The molecule has 0 amide bonds. The number of ether oxygens (including phenoxy) is 1. The van der Waals surface area contributed by atoms with Gasteiger partial charge in [-0.15, -0.1) is 0 Å². The molecule has 0 aliphatic heterocycles. The number of hydrogen-bond acceptors (Lipinski definition) is 2. The molecular weight excluding hydrogens is 224 g/mol. The Kier molecular flexibility index (Phi) is 7.29. The normalized spacial score (nSPS) is 11.2. The topological polar surface area (TPSA) is 26.3 Å². The van der Waals surface area contributed by atoms with Crippen molar-refractivity contribution in [2.75, 3.05) is 6.61 Å². The van der Waals surface area contributed by atoms with Crippen LogP contribution in [0.15, 0.2) is 48.6 Å². The lowest BCUT2D eigenvalue weighted by Crippen LogP contribution is -1.98. The van der Waals surface area contributed by atoms with Gasteiger partial charge in [0.15, 0.2) is 6.29 Å². The molecule has 96 valence electrons. The summed E-state index contributed by atoms with van der Waals surface area (Å²) in [4.78, 5) is 10.8. The first-order chi connectivity index (χ1) is 8.88. The van der Waals surface area contributed by atoms with Gasteiger partial charge in [-0.05, 0) is 31.4 Å². The maximum absolute atomic E-state index is 10.8. The van der Waals surface area contributed by atoms with Gasteiger partial charge in [-0.1, -0.05) is 43.4 Å². The lowest BCUT2D eigenvalue weighted by atomic mass is 10.2. The van der Waals surface area contributed by atoms with Gasteiger partial charge in [0, 0.05) is 0 Å². The summed E-state index contributed by atoms with van der Waals surface area (Å²) >= 11 is 0. The van der Waals surface area contributed by atoms with E-state index in [1.54, 1.807) is 6.07 Å². The third-order valence-corrected chi connectivity index (χ3v) is 2.43. The molecule has 0 fully saturated rings. The van der Waals surface area contributed by atoms with Crippen LogP contribution in [0.25, 0.3) is 0 Å². The van der Waals surface area contributed by atoms with Crippen molar-refractivity contribution < 1.29 is 9.53 Å². The van der Waals surface area contributed by atoms with Crippen LogP contribution < -0.4 is 4.74 Å². The summed E-state index contributed by atoms with van der Waals surface area (Å²) in [6, 6.07) is 7.27. The third kappa shape index (κ3) is 5.48. The van der Waals surface area contributed by atoms with Crippen molar-refractivity contribution in [3.63, 3.8) is 0 Å². The number of rotatable bonds is 8. The fourth-order valence-electron chi connectivity index (χ4n) is 1.50. The number of allylic oxidation sites excluding steroid dienone is 3. The minimum absolute atomic E-state index is 0.596. The zero-order chi connectivity index (χ0) is 13.1. The van der Waals surface area contributed by atoms with Crippen molar-refractivity contribution >= 4 is 6.29 Å². The van der Waals surface area contributed by atoms with Crippen LogP contribution in [0.2, 0.25) is 0 Å². The van der Waals surface area contributed by atoms with E-state index in [2.05, 4.69) is 31.2 Å². The lowest BCUT2D eigenvalue weighted by molar-refractivity contribution is 0.111. The van der Waals surface area contributed by atoms with Gasteiger partial charge < -0.3 is 4.74 Å². The van der Waals surface area contributed by atoms with Gasteiger partial charge in [-0.25, -0.2) is 0 Å². The Balaban J connectivity index is 2.25. The van der Waals surface area contributed by atoms with E-state index in [4.69, 9.17) is 4.74 Å². The van der Waals surface area contributed by atoms with Crippen LogP contribution in [-0.2, 0) is 0 Å². The lowest BCUT2D eigenvalue weighted by Gasteiger charge is -2.06. The van der Waals surface area contributed by atoms with Gasteiger partial charge >= 0.3 is 0 Å². The zero-order valence-corrected chi connectivity index (χ0v) is 10.8. The monoisotopic (exact) mass is 244 g/mol. The first-order valence-electron chi connectivity index (χ1n) is 6.35. The summed E-state index contributed by atoms with van der Waals surface area (Å²) in [5, 5.41) is 0. The number of benzene rings is 1. The molecule has 0 saturated heterocycles. The molecule has 0 unspecified atom stereocenters. The molecule has 0 aliphatic carbocycles. The smallest absolute Gasteiger partial charge is 0.153 e. The highest BCUT2D eigenvalue weighted by atomic mass is 16.5. The fraction of sp³-hybridized carbons (Fsp3) is 0.312. The highest BCUT2D eigenvalue weighted by molar-refractivity contribution is 5.79. The average Bonchev–Trinajstić information content (AvgIpc) is 2.42. The molecule has 0 N–H and O–H groups in total. The van der Waals surface area contributed by atoms with Crippen LogP contribution in [0.1, 0.15) is 36.5 Å². The predicted octanol–water partition coefficient (Wildman–Crippen LogP) is 4.18. The number of carbonyl (C=O) groups excluding carboxylic acids is 1. The molecule has 1 aromatic rings. The van der Waals surface area contributed by atoms with Gasteiger partial charge in [0.05, 0.1) is 12.2 Å². The molecule has 1 aromatic carbocycles. The molecule has 0 bridgehead atoms. The highest BCUT2D eigenvalue weighted by Crippen LogP contribution is 2.15. The summed E-state index contributed by atoms with van der Waals surface area (Å²) in [5.41, 5.74) is 0.604. The SMILES string of the molecule is CCC=CCC=CCCOc1ccccc1C=O. The van der Waals surface area contributed by atoms with Crippen molar-refractivity contribution in [1.82, 2.24) is 0 Å². The van der Waals surface area contributed by atoms with Crippen LogP contribution in [-0.4, -0.2) is 12.9 Å². The van der Waals surface area contributed by atoms with Crippen LogP contribution in [0.5, 0.6) is 5.75 Å². The molecule has 0 radical (unpaired) electrons. The highest BCUT2D eigenvalue weighted by Gasteiger charge is 1.99. The Hall–Kier alpha value is -1.83. The van der Waals surface area contributed by atoms with Crippen LogP contribution in [0, 0.1) is 0 Å². The van der Waals surface area contributed by atoms with Gasteiger partial charge in [0.25, 0.3) is 0 Å². The van der Waals surface area contributed by atoms with Crippen LogP contribution >= 0.6 is 0 Å². The van der Waals surface area contributed by atoms with Gasteiger partial charge in [-0.2, -0.15) is 0 Å². The van der Waals surface area contributed by atoms with E-state index in [0.717, 1.165) is 25.5 Å². The van der Waals surface area contributed by atoms with E-state index in [1.807, 2.05) is 18.2 Å². The summed E-state index contributed by atoms with van der Waals surface area (Å²) < 4.78 is 5.56. The fourth-order valence-corrected chi connectivity index (χ4v) is 1.50. The van der Waals surface area contributed by atoms with Crippen LogP contribution in [0.3, 0.4) is 0 Å². The van der Waals surface area contributed by atoms with E-state index < -0.39 is 0 Å². The Morgan fingerprint density at radius 2 is 1.89 bits per heavy atom.